The third-order valence-corrected chi connectivity index (χ3v) is 4.77. The average Bonchev–Trinajstić information content (AvgIpc) is 2.42. The minimum Gasteiger partial charge on any atom is -0.324 e. The molecule has 1 fully saturated rings. The van der Waals surface area contributed by atoms with Crippen molar-refractivity contribution < 1.29 is 13.2 Å². The predicted octanol–water partition coefficient (Wildman–Crippen LogP) is 0.641. The van der Waals surface area contributed by atoms with E-state index < -0.39 is 10.0 Å². The van der Waals surface area contributed by atoms with E-state index in [0.717, 1.165) is 19.6 Å². The highest BCUT2D eigenvalue weighted by Gasteiger charge is 2.21. The number of piperazine rings is 1. The van der Waals surface area contributed by atoms with E-state index >= 15 is 0 Å². The number of halogens is 2. The number of nitrogens with zero attached hydrogens (tertiary/aromatic N) is 1. The van der Waals surface area contributed by atoms with Crippen molar-refractivity contribution in [3.05, 3.63) is 23.2 Å². The van der Waals surface area contributed by atoms with E-state index in [-0.39, 0.29) is 46.5 Å². The molecule has 1 heterocycles. The highest BCUT2D eigenvalue weighted by molar-refractivity contribution is 7.89. The molecule has 0 radical (unpaired) electrons. The molecule has 130 valence electrons. The van der Waals surface area contributed by atoms with E-state index in [0.29, 0.717) is 0 Å². The number of rotatable bonds is 4. The zero-order valence-corrected chi connectivity index (χ0v) is 15.0. The van der Waals surface area contributed by atoms with E-state index in [4.69, 9.17) is 16.7 Å². The Labute approximate surface area is 147 Å². The van der Waals surface area contributed by atoms with Crippen LogP contribution in [0.3, 0.4) is 0 Å². The fraction of sp³-hybridized carbons (Fsp3) is 0.462. The van der Waals surface area contributed by atoms with Gasteiger partial charge < -0.3 is 10.6 Å². The highest BCUT2D eigenvalue weighted by Crippen LogP contribution is 2.24. The second-order valence-corrected chi connectivity index (χ2v) is 7.23. The molecule has 1 aliphatic heterocycles. The van der Waals surface area contributed by atoms with E-state index in [2.05, 4.69) is 10.6 Å². The number of hydrogen-bond acceptors (Lipinski definition) is 5. The van der Waals surface area contributed by atoms with Crippen LogP contribution in [0.25, 0.3) is 0 Å². The van der Waals surface area contributed by atoms with Crippen LogP contribution in [0.15, 0.2) is 23.1 Å². The van der Waals surface area contributed by atoms with Crippen LogP contribution in [0, 0.1) is 0 Å². The molecule has 4 N–H and O–H groups in total. The van der Waals surface area contributed by atoms with E-state index in [1.165, 1.54) is 18.2 Å². The zero-order valence-electron chi connectivity index (χ0n) is 12.6. The molecular formula is C13H20Cl2N4O3S. The molecule has 0 spiro atoms. The van der Waals surface area contributed by atoms with Crippen molar-refractivity contribution in [2.75, 3.05) is 31.5 Å². The fourth-order valence-electron chi connectivity index (χ4n) is 2.27. The number of carbonyl (C=O) groups is 1. The molecule has 0 saturated carbocycles. The molecule has 1 atom stereocenters. The summed E-state index contributed by atoms with van der Waals surface area (Å²) in [5.74, 6) is -0.248. The normalized spacial score (nSPS) is 19.0. The molecule has 0 unspecified atom stereocenters. The molecule has 1 aromatic rings. The van der Waals surface area contributed by atoms with Crippen LogP contribution in [0.4, 0.5) is 5.69 Å². The summed E-state index contributed by atoms with van der Waals surface area (Å²) in [6.07, 6.45) is 0. The average molecular weight is 383 g/mol. The molecule has 1 saturated heterocycles. The van der Waals surface area contributed by atoms with Crippen LogP contribution in [-0.4, -0.2) is 51.4 Å². The summed E-state index contributed by atoms with van der Waals surface area (Å²) in [7, 11) is -3.84. The maximum absolute atomic E-state index is 12.1. The van der Waals surface area contributed by atoms with Gasteiger partial charge >= 0.3 is 0 Å². The number of nitrogens with one attached hydrogen (secondary N) is 2. The summed E-state index contributed by atoms with van der Waals surface area (Å²) in [5.41, 5.74) is 0.237. The van der Waals surface area contributed by atoms with Crippen LogP contribution >= 0.6 is 24.0 Å². The molecule has 0 aromatic heterocycles. The van der Waals surface area contributed by atoms with Crippen LogP contribution in [0.2, 0.25) is 5.02 Å². The molecule has 10 heteroatoms. The first-order chi connectivity index (χ1) is 10.3. The molecule has 1 aromatic carbocycles. The predicted molar refractivity (Wildman–Crippen MR) is 92.6 cm³/mol. The van der Waals surface area contributed by atoms with E-state index in [9.17, 15) is 13.2 Å². The van der Waals surface area contributed by atoms with Crippen LogP contribution in [0.1, 0.15) is 6.92 Å². The standard InChI is InChI=1S/C13H19ClN4O3S.ClH/c1-9-7-16-4-5-18(9)8-13(19)17-12-6-10(22(15,20)21)2-3-11(12)14;/h2-3,6,9,16H,4-5,7-8H2,1H3,(H,17,19)(H2,15,20,21);1H/t9-;/m1./s1. The van der Waals surface area contributed by atoms with Crippen LogP contribution in [0.5, 0.6) is 0 Å². The van der Waals surface area contributed by atoms with Crippen molar-refractivity contribution in [1.82, 2.24) is 10.2 Å². The number of benzene rings is 1. The van der Waals surface area contributed by atoms with Gasteiger partial charge in [0.15, 0.2) is 0 Å². The van der Waals surface area contributed by atoms with Gasteiger partial charge in [-0.25, -0.2) is 13.6 Å². The van der Waals surface area contributed by atoms with E-state index in [1.54, 1.807) is 0 Å². The first kappa shape index (κ1) is 20.1. The first-order valence-corrected chi connectivity index (χ1v) is 8.77. The van der Waals surface area contributed by atoms with Gasteiger partial charge in [-0.2, -0.15) is 0 Å². The molecule has 23 heavy (non-hydrogen) atoms. The first-order valence-electron chi connectivity index (χ1n) is 6.84. The zero-order chi connectivity index (χ0) is 16.3. The lowest BCUT2D eigenvalue weighted by atomic mass is 10.2. The SMILES string of the molecule is C[C@@H]1CNCCN1CC(=O)Nc1cc(S(N)(=O)=O)ccc1Cl.Cl. The Morgan fingerprint density at radius 1 is 1.52 bits per heavy atom. The lowest BCUT2D eigenvalue weighted by Crippen LogP contribution is -2.52. The molecule has 1 aliphatic rings. The monoisotopic (exact) mass is 382 g/mol. The van der Waals surface area contributed by atoms with Gasteiger partial charge in [0, 0.05) is 25.7 Å². The topological polar surface area (TPSA) is 105 Å². The number of sulfonamides is 1. The van der Waals surface area contributed by atoms with Gasteiger partial charge in [-0.05, 0) is 25.1 Å². The summed E-state index contributed by atoms with van der Waals surface area (Å²) in [6.45, 7) is 4.70. The van der Waals surface area contributed by atoms with Gasteiger partial charge in [0.25, 0.3) is 0 Å². The van der Waals surface area contributed by atoms with Gasteiger partial charge in [0.1, 0.15) is 0 Å². The maximum Gasteiger partial charge on any atom is 0.238 e. The van der Waals surface area contributed by atoms with Gasteiger partial charge in [-0.15, -0.1) is 12.4 Å². The molecular weight excluding hydrogens is 363 g/mol. The van der Waals surface area contributed by atoms with Crippen molar-refractivity contribution in [2.45, 2.75) is 17.9 Å². The Balaban J connectivity index is 0.00000264. The molecule has 2 rings (SSSR count). The van der Waals surface area contributed by atoms with Crippen molar-refractivity contribution in [3.63, 3.8) is 0 Å². The van der Waals surface area contributed by atoms with E-state index in [1.807, 2.05) is 11.8 Å². The molecule has 0 aliphatic carbocycles. The number of hydrogen-bond donors (Lipinski definition) is 3. The number of nitrogens with two attached hydrogens (primary N) is 1. The number of amides is 1. The third kappa shape index (κ3) is 5.59. The minimum absolute atomic E-state index is 0. The molecule has 0 bridgehead atoms. The summed E-state index contributed by atoms with van der Waals surface area (Å²) < 4.78 is 22.7. The summed E-state index contributed by atoms with van der Waals surface area (Å²) in [6, 6.07) is 4.21. The van der Waals surface area contributed by atoms with Gasteiger partial charge in [0.05, 0.1) is 22.2 Å². The third-order valence-electron chi connectivity index (χ3n) is 3.53. The smallest absolute Gasteiger partial charge is 0.238 e. The Hall–Kier alpha value is -0.900. The summed E-state index contributed by atoms with van der Waals surface area (Å²) in [4.78, 5) is 14.1. The Morgan fingerprint density at radius 3 is 2.83 bits per heavy atom. The van der Waals surface area contributed by atoms with Crippen LogP contribution < -0.4 is 15.8 Å². The van der Waals surface area contributed by atoms with Crippen molar-refractivity contribution in [1.29, 1.82) is 0 Å². The lowest BCUT2D eigenvalue weighted by Gasteiger charge is -2.33. The van der Waals surface area contributed by atoms with Crippen molar-refractivity contribution in [2.24, 2.45) is 5.14 Å². The quantitative estimate of drug-likeness (QED) is 0.708. The second kappa shape index (κ2) is 8.27. The lowest BCUT2D eigenvalue weighted by molar-refractivity contribution is -0.118. The van der Waals surface area contributed by atoms with Crippen LogP contribution in [-0.2, 0) is 14.8 Å². The Bertz CT molecular complexity index is 669. The second-order valence-electron chi connectivity index (χ2n) is 5.26. The number of anilines is 1. The maximum atomic E-state index is 12.1. The minimum atomic E-state index is -3.84. The van der Waals surface area contributed by atoms with Gasteiger partial charge in [-0.3, -0.25) is 9.69 Å². The summed E-state index contributed by atoms with van der Waals surface area (Å²) in [5, 5.41) is 11.2. The summed E-state index contributed by atoms with van der Waals surface area (Å²) >= 11 is 5.99. The van der Waals surface area contributed by atoms with Gasteiger partial charge in [0.2, 0.25) is 15.9 Å². The molecule has 7 nitrogen and oxygen atoms in total. The highest BCUT2D eigenvalue weighted by atomic mass is 35.5. The number of primary sulfonamides is 1. The number of carbonyl (C=O) groups excluding carboxylic acids is 1. The fourth-order valence-corrected chi connectivity index (χ4v) is 2.97. The molecule has 1 amide bonds. The van der Waals surface area contributed by atoms with Gasteiger partial charge in [-0.1, -0.05) is 11.6 Å². The van der Waals surface area contributed by atoms with Crippen molar-refractivity contribution >= 4 is 45.6 Å². The Morgan fingerprint density at radius 2 is 2.22 bits per heavy atom. The largest absolute Gasteiger partial charge is 0.324 e. The Kier molecular flexibility index (Phi) is 7.25. The van der Waals surface area contributed by atoms with Crippen molar-refractivity contribution in [3.8, 4) is 0 Å².